The highest BCUT2D eigenvalue weighted by Gasteiger charge is 2.37. The van der Waals surface area contributed by atoms with Crippen LogP contribution in [-0.4, -0.2) is 90.9 Å². The Bertz CT molecular complexity index is 1530. The Balaban J connectivity index is 1.61. The van der Waals surface area contributed by atoms with E-state index in [1.807, 2.05) is 74.5 Å². The van der Waals surface area contributed by atoms with E-state index in [1.54, 1.807) is 29.7 Å². The lowest BCUT2D eigenvalue weighted by Crippen LogP contribution is -2.57. The highest BCUT2D eigenvalue weighted by atomic mass is 31.2. The molecule has 0 aliphatic carbocycles. The second kappa shape index (κ2) is 17.2. The highest BCUT2D eigenvalue weighted by Crippen LogP contribution is 2.48. The predicted molar refractivity (Wildman–Crippen MR) is 181 cm³/mol. The lowest BCUT2D eigenvalue weighted by molar-refractivity contribution is -0.134. The molecule has 0 radical (unpaired) electrons. The second-order valence-corrected chi connectivity index (χ2v) is 13.4. The summed E-state index contributed by atoms with van der Waals surface area (Å²) in [6, 6.07) is 19.8. The summed E-state index contributed by atoms with van der Waals surface area (Å²) in [6.45, 7) is 8.92. The van der Waals surface area contributed by atoms with Gasteiger partial charge in [0.25, 0.3) is 5.91 Å². The zero-order valence-electron chi connectivity index (χ0n) is 27.6. The summed E-state index contributed by atoms with van der Waals surface area (Å²) in [5.41, 5.74) is 4.29. The summed E-state index contributed by atoms with van der Waals surface area (Å²) in [6.07, 6.45) is 0.916. The van der Waals surface area contributed by atoms with Gasteiger partial charge >= 0.3 is 13.7 Å². The molecular formula is C35H45N4O7P. The molecule has 12 heteroatoms. The fourth-order valence-electron chi connectivity index (χ4n) is 5.22. The Kier molecular flexibility index (Phi) is 13.1. The zero-order chi connectivity index (χ0) is 33.8. The van der Waals surface area contributed by atoms with Gasteiger partial charge in [-0.15, -0.1) is 0 Å². The first-order valence-electron chi connectivity index (χ1n) is 16.2. The first-order chi connectivity index (χ1) is 22.7. The number of hydrogen-bond acceptors (Lipinski definition) is 8. The van der Waals surface area contributed by atoms with Crippen LogP contribution in [0.25, 0.3) is 22.4 Å². The molecule has 252 valence electrons. The number of nitrogens with zero attached hydrogens (tertiary/aromatic N) is 3. The van der Waals surface area contributed by atoms with Gasteiger partial charge in [0.1, 0.15) is 11.7 Å². The third-order valence-electron chi connectivity index (χ3n) is 7.75. The van der Waals surface area contributed by atoms with Crippen LogP contribution in [0.1, 0.15) is 49.7 Å². The fourth-order valence-corrected chi connectivity index (χ4v) is 6.99. The summed E-state index contributed by atoms with van der Waals surface area (Å²) in [4.78, 5) is 48.2. The first kappa shape index (κ1) is 35.8. The smallest absolute Gasteiger partial charge is 0.409 e. The van der Waals surface area contributed by atoms with E-state index < -0.39 is 31.5 Å². The van der Waals surface area contributed by atoms with Crippen molar-refractivity contribution in [1.82, 2.24) is 20.1 Å². The van der Waals surface area contributed by atoms with Gasteiger partial charge in [0.2, 0.25) is 5.91 Å². The Morgan fingerprint density at radius 3 is 2.11 bits per heavy atom. The Morgan fingerprint density at radius 2 is 1.49 bits per heavy atom. The van der Waals surface area contributed by atoms with Crippen LogP contribution >= 0.6 is 7.60 Å². The van der Waals surface area contributed by atoms with E-state index in [4.69, 9.17) is 13.8 Å². The average molecular weight is 665 g/mol. The molecule has 0 bridgehead atoms. The van der Waals surface area contributed by atoms with Gasteiger partial charge in [-0.1, -0.05) is 73.5 Å². The Labute approximate surface area is 277 Å². The molecule has 1 aliphatic heterocycles. The van der Waals surface area contributed by atoms with Crippen molar-refractivity contribution in [3.05, 3.63) is 78.0 Å². The third kappa shape index (κ3) is 9.97. The molecule has 1 aromatic heterocycles. The molecule has 47 heavy (non-hydrogen) atoms. The quantitative estimate of drug-likeness (QED) is 0.160. The molecule has 2 aromatic carbocycles. The van der Waals surface area contributed by atoms with Crippen molar-refractivity contribution in [2.24, 2.45) is 0 Å². The minimum absolute atomic E-state index is 0.0991. The van der Waals surface area contributed by atoms with E-state index in [2.05, 4.69) is 10.3 Å². The van der Waals surface area contributed by atoms with Gasteiger partial charge in [-0.25, -0.2) is 9.78 Å². The van der Waals surface area contributed by atoms with E-state index in [9.17, 15) is 18.9 Å². The summed E-state index contributed by atoms with van der Waals surface area (Å²) < 4.78 is 30.0. The lowest BCUT2D eigenvalue weighted by atomic mass is 10.0. The number of ether oxygens (including phenoxy) is 1. The van der Waals surface area contributed by atoms with E-state index in [1.165, 1.54) is 0 Å². The molecule has 1 atom stereocenters. The summed E-state index contributed by atoms with van der Waals surface area (Å²) in [5.74, 6) is -1.05. The molecule has 0 saturated carbocycles. The van der Waals surface area contributed by atoms with Crippen LogP contribution in [0.5, 0.6) is 0 Å². The molecule has 1 N–H and O–H groups in total. The van der Waals surface area contributed by atoms with Crippen LogP contribution in [0, 0.1) is 6.92 Å². The molecule has 3 amide bonds. The predicted octanol–water partition coefficient (Wildman–Crippen LogP) is 6.17. The van der Waals surface area contributed by atoms with E-state index in [-0.39, 0.29) is 51.2 Å². The lowest BCUT2D eigenvalue weighted by Gasteiger charge is -2.36. The van der Waals surface area contributed by atoms with Gasteiger partial charge < -0.3 is 28.9 Å². The number of pyridine rings is 1. The summed E-state index contributed by atoms with van der Waals surface area (Å²) in [7, 11) is -3.76. The first-order valence-corrected chi connectivity index (χ1v) is 17.9. The number of amides is 3. The van der Waals surface area contributed by atoms with Crippen molar-refractivity contribution in [3.8, 4) is 22.4 Å². The molecule has 0 unspecified atom stereocenters. The molecule has 4 rings (SSSR count). The molecule has 1 aliphatic rings. The SMILES string of the molecule is CCCCOC(=O)N1CCN(C(=O)[C@H](CP(=O)(OCC)OCC)NC(=O)c2cc(-c3ccccc3)cc(-c3ccc(C)cc3)n2)CC1. The Morgan fingerprint density at radius 1 is 0.851 bits per heavy atom. The van der Waals surface area contributed by atoms with Crippen LogP contribution in [-0.2, 0) is 23.1 Å². The van der Waals surface area contributed by atoms with E-state index in [0.717, 1.165) is 35.1 Å². The molecule has 1 saturated heterocycles. The molecular weight excluding hydrogens is 619 g/mol. The molecule has 1 fully saturated rings. The van der Waals surface area contributed by atoms with Crippen molar-refractivity contribution < 1.29 is 32.7 Å². The van der Waals surface area contributed by atoms with Crippen molar-refractivity contribution in [3.63, 3.8) is 0 Å². The average Bonchev–Trinajstić information content (AvgIpc) is 3.08. The number of rotatable bonds is 14. The normalized spacial score (nSPS) is 14.0. The monoisotopic (exact) mass is 664 g/mol. The maximum Gasteiger partial charge on any atom is 0.409 e. The number of piperazine rings is 1. The van der Waals surface area contributed by atoms with Crippen molar-refractivity contribution >= 4 is 25.5 Å². The third-order valence-corrected chi connectivity index (χ3v) is 9.86. The van der Waals surface area contributed by atoms with Crippen LogP contribution < -0.4 is 5.32 Å². The van der Waals surface area contributed by atoms with Gasteiger partial charge in [-0.05, 0) is 50.5 Å². The Hall–Kier alpha value is -4.05. The van der Waals surface area contributed by atoms with Crippen molar-refractivity contribution in [1.29, 1.82) is 0 Å². The molecule has 3 aromatic rings. The van der Waals surface area contributed by atoms with Gasteiger partial charge in [-0.2, -0.15) is 0 Å². The van der Waals surface area contributed by atoms with Crippen LogP contribution in [0.15, 0.2) is 66.7 Å². The number of hydrogen-bond donors (Lipinski definition) is 1. The van der Waals surface area contributed by atoms with Crippen LogP contribution in [0.3, 0.4) is 0 Å². The van der Waals surface area contributed by atoms with E-state index in [0.29, 0.717) is 12.3 Å². The number of carbonyl (C=O) groups is 3. The summed E-state index contributed by atoms with van der Waals surface area (Å²) >= 11 is 0. The topological polar surface area (TPSA) is 127 Å². The number of unbranched alkanes of at least 4 members (excludes halogenated alkanes) is 1. The minimum Gasteiger partial charge on any atom is -0.449 e. The van der Waals surface area contributed by atoms with Crippen molar-refractivity contribution in [2.45, 2.75) is 46.6 Å². The zero-order valence-corrected chi connectivity index (χ0v) is 28.5. The van der Waals surface area contributed by atoms with Crippen molar-refractivity contribution in [2.75, 3.05) is 52.2 Å². The molecule has 2 heterocycles. The molecule has 11 nitrogen and oxygen atoms in total. The standard InChI is InChI=1S/C35H45N4O7P/c1-5-8-22-44-35(42)39-20-18-38(19-21-39)34(41)32(25-47(43,45-6-2)46-7-3)37-33(40)31-24-29(27-12-10-9-11-13-27)23-30(36-31)28-16-14-26(4)15-17-28/h9-17,23-24,32H,5-8,18-22,25H2,1-4H3,(H,37,40)/t32-/m0/s1. The minimum atomic E-state index is -3.76. The van der Waals surface area contributed by atoms with Gasteiger partial charge in [0, 0.05) is 31.7 Å². The van der Waals surface area contributed by atoms with Gasteiger partial charge in [0.05, 0.1) is 31.7 Å². The maximum atomic E-state index is 14.0. The largest absolute Gasteiger partial charge is 0.449 e. The highest BCUT2D eigenvalue weighted by molar-refractivity contribution is 7.54. The number of nitrogens with one attached hydrogen (secondary N) is 1. The number of aryl methyl sites for hydroxylation is 1. The molecule has 0 spiro atoms. The van der Waals surface area contributed by atoms with E-state index >= 15 is 0 Å². The summed E-state index contributed by atoms with van der Waals surface area (Å²) in [5, 5.41) is 2.81. The van der Waals surface area contributed by atoms with Gasteiger partial charge in [-0.3, -0.25) is 14.2 Å². The number of aromatic nitrogens is 1. The number of carbonyl (C=O) groups excluding carboxylic acids is 3. The second-order valence-electron chi connectivity index (χ2n) is 11.3. The van der Waals surface area contributed by atoms with Crippen LogP contribution in [0.4, 0.5) is 4.79 Å². The van der Waals surface area contributed by atoms with Gasteiger partial charge in [0.15, 0.2) is 0 Å². The van der Waals surface area contributed by atoms with Crippen LogP contribution in [0.2, 0.25) is 0 Å². The maximum absolute atomic E-state index is 14.0. The fraction of sp³-hybridized carbons (Fsp3) is 0.429. The number of benzene rings is 2.